The van der Waals surface area contributed by atoms with Crippen LogP contribution >= 0.6 is 15.6 Å². The predicted molar refractivity (Wildman–Crippen MR) is 491 cm³/mol. The van der Waals surface area contributed by atoms with E-state index in [4.69, 9.17) is 32.3 Å². The second-order valence-corrected chi connectivity index (χ2v) is 34.3. The molecule has 18 heteroatoms. The summed E-state index contributed by atoms with van der Waals surface area (Å²) in [5.41, 5.74) is 0. The Bertz CT molecular complexity index is 2710. The van der Waals surface area contributed by atoms with Crippen LogP contribution in [0.25, 0.3) is 0 Å². The van der Waals surface area contributed by atoms with Crippen LogP contribution in [-0.4, -0.2) is 95.9 Å². The Morgan fingerprint density at radius 1 is 0.248 bits per heavy atom. The summed E-state index contributed by atoms with van der Waals surface area (Å²) in [7, 11) is -9.81. The number of phosphoric acid groups is 2. The van der Waals surface area contributed by atoms with Crippen LogP contribution < -0.4 is 0 Å². The van der Waals surface area contributed by atoms with Gasteiger partial charge in [-0.3, -0.25) is 32.5 Å². The van der Waals surface area contributed by atoms with E-state index in [0.717, 1.165) is 128 Å². The van der Waals surface area contributed by atoms with E-state index in [-0.39, 0.29) is 19.3 Å². The van der Waals surface area contributed by atoms with Crippen molar-refractivity contribution in [3.8, 4) is 0 Å². The van der Waals surface area contributed by atoms with Crippen LogP contribution in [0.2, 0.25) is 0 Å². The van der Waals surface area contributed by atoms with E-state index in [1.165, 1.54) is 218 Å². The van der Waals surface area contributed by atoms with Crippen molar-refractivity contribution < 1.29 is 75.8 Å². The number of esters is 3. The average molecular weight is 1680 g/mol. The van der Waals surface area contributed by atoms with Crippen molar-refractivity contribution >= 4 is 33.6 Å². The van der Waals surface area contributed by atoms with Crippen molar-refractivity contribution in [1.29, 1.82) is 0 Å². The van der Waals surface area contributed by atoms with Crippen LogP contribution in [0.4, 0.5) is 0 Å². The highest BCUT2D eigenvalue weighted by Crippen LogP contribution is 2.45. The maximum atomic E-state index is 13.0. The Morgan fingerprint density at radius 3 is 0.718 bits per heavy atom. The zero-order valence-corrected chi connectivity index (χ0v) is 76.1. The molecular weight excluding hydrogens is 1510 g/mol. The molecule has 4 N–H and O–H groups in total. The summed E-state index contributed by atoms with van der Waals surface area (Å²) in [6, 6.07) is 0. The fraction of sp³-hybridized carbons (Fsp3) is 0.727. The van der Waals surface area contributed by atoms with Gasteiger partial charge in [0.25, 0.3) is 0 Å². The van der Waals surface area contributed by atoms with Crippen LogP contribution in [0.1, 0.15) is 406 Å². The normalized spacial score (nSPS) is 14.4. The first-order valence-corrected chi connectivity index (χ1v) is 50.1. The van der Waals surface area contributed by atoms with Gasteiger partial charge in [0.05, 0.1) is 26.4 Å². The molecule has 0 rings (SSSR count). The fourth-order valence-electron chi connectivity index (χ4n) is 12.9. The summed E-state index contributed by atoms with van der Waals surface area (Å²) in [6.07, 6.45) is 115. The zero-order chi connectivity index (χ0) is 85.1. The molecule has 0 aliphatic rings. The van der Waals surface area contributed by atoms with Crippen molar-refractivity contribution in [2.45, 2.75) is 424 Å². The lowest BCUT2D eigenvalue weighted by Crippen LogP contribution is -2.30. The van der Waals surface area contributed by atoms with Crippen LogP contribution in [0.5, 0.6) is 0 Å². The highest BCUT2D eigenvalue weighted by Gasteiger charge is 2.29. The maximum Gasteiger partial charge on any atom is 0.472 e. The van der Waals surface area contributed by atoms with Crippen molar-refractivity contribution in [2.24, 2.45) is 0 Å². The molecule has 5 unspecified atom stereocenters. The van der Waals surface area contributed by atoms with Gasteiger partial charge in [-0.05, 0) is 148 Å². The highest BCUT2D eigenvalue weighted by atomic mass is 31.2. The van der Waals surface area contributed by atoms with Gasteiger partial charge in [0.15, 0.2) is 6.10 Å². The fourth-order valence-corrected chi connectivity index (χ4v) is 14.5. The molecule has 0 radical (unpaired) electrons. The molecule has 0 heterocycles. The number of carbonyl (C=O) groups is 3. The highest BCUT2D eigenvalue weighted by molar-refractivity contribution is 7.47. The quantitative estimate of drug-likeness (QED) is 0.0146. The number of ether oxygens (including phenoxy) is 3. The van der Waals surface area contributed by atoms with E-state index in [1.807, 2.05) is 0 Å². The van der Waals surface area contributed by atoms with Gasteiger partial charge in [-0.1, -0.05) is 385 Å². The lowest BCUT2D eigenvalue weighted by atomic mass is 10.0. The molecular formula is C99H172O16P2. The second kappa shape index (κ2) is 90.7. The first kappa shape index (κ1) is 112. The Kier molecular flexibility index (Phi) is 87.1. The number of hydrogen-bond donors (Lipinski definition) is 4. The summed E-state index contributed by atoms with van der Waals surface area (Å²) in [6.45, 7) is 2.54. The third-order valence-electron chi connectivity index (χ3n) is 20.0. The van der Waals surface area contributed by atoms with Gasteiger partial charge in [0.2, 0.25) is 0 Å². The lowest BCUT2D eigenvalue weighted by Gasteiger charge is -2.21. The number of hydrogen-bond acceptors (Lipinski definition) is 14. The second-order valence-electron chi connectivity index (χ2n) is 31.4. The number of rotatable bonds is 89. The van der Waals surface area contributed by atoms with Crippen LogP contribution in [0.15, 0.2) is 146 Å². The summed E-state index contributed by atoms with van der Waals surface area (Å²) in [4.78, 5) is 59.0. The maximum absolute atomic E-state index is 13.0. The summed E-state index contributed by atoms with van der Waals surface area (Å²) in [5.74, 6) is -1.59. The largest absolute Gasteiger partial charge is 0.472 e. The molecule has 0 aliphatic carbocycles. The van der Waals surface area contributed by atoms with Crippen LogP contribution in [0.3, 0.4) is 0 Å². The van der Waals surface area contributed by atoms with Crippen LogP contribution in [-0.2, 0) is 55.8 Å². The molecule has 0 saturated heterocycles. The molecule has 0 aromatic carbocycles. The molecule has 0 spiro atoms. The number of aliphatic hydroxyl groups excluding tert-OH is 2. The minimum absolute atomic E-state index is 0.0749. The van der Waals surface area contributed by atoms with Crippen molar-refractivity contribution in [2.75, 3.05) is 39.6 Å². The van der Waals surface area contributed by atoms with E-state index in [0.29, 0.717) is 19.3 Å². The van der Waals surface area contributed by atoms with Gasteiger partial charge < -0.3 is 34.2 Å². The summed E-state index contributed by atoms with van der Waals surface area (Å²) < 4.78 is 61.4. The van der Waals surface area contributed by atoms with Gasteiger partial charge >= 0.3 is 33.6 Å². The van der Waals surface area contributed by atoms with E-state index >= 15 is 0 Å². The molecule has 0 amide bonds. The number of phosphoric ester groups is 2. The minimum Gasteiger partial charge on any atom is -0.463 e. The molecule has 0 aliphatic heterocycles. The van der Waals surface area contributed by atoms with E-state index in [9.17, 15) is 43.5 Å². The Labute approximate surface area is 715 Å². The first-order valence-electron chi connectivity index (χ1n) is 47.1. The number of carbonyl (C=O) groups excluding carboxylic acids is 3. The third kappa shape index (κ3) is 92.0. The lowest BCUT2D eigenvalue weighted by molar-refractivity contribution is -0.161. The molecule has 117 heavy (non-hydrogen) atoms. The van der Waals surface area contributed by atoms with Gasteiger partial charge in [0, 0.05) is 19.3 Å². The smallest absolute Gasteiger partial charge is 0.463 e. The van der Waals surface area contributed by atoms with E-state index < -0.39 is 91.5 Å². The SMILES string of the molecule is CC/C=C\C/C=C\C/C=C\C/C=C\CCCCCCC(=O)OC(COC(=O)CCCCCCCCCCCCCCCCC/C=C\C/C=C\C/C=C\C/C=C\CCCCC)COP(=O)(O)OCC(O)COP(=O)(O)OCC(O)COC(=O)CCCCCCCCCCCCCCCCCCC/C=C\C/C=C\C/C=C\C/C=C\CCCCC. The Hall–Kier alpha value is -4.57. The third-order valence-corrected chi connectivity index (χ3v) is 21.9. The topological polar surface area (TPSA) is 231 Å². The monoisotopic (exact) mass is 1680 g/mol. The van der Waals surface area contributed by atoms with Gasteiger partial charge in [0.1, 0.15) is 25.4 Å². The molecule has 5 atom stereocenters. The van der Waals surface area contributed by atoms with Crippen molar-refractivity contribution in [3.63, 3.8) is 0 Å². The molecule has 0 bridgehead atoms. The molecule has 16 nitrogen and oxygen atoms in total. The zero-order valence-electron chi connectivity index (χ0n) is 74.3. The van der Waals surface area contributed by atoms with Crippen molar-refractivity contribution in [1.82, 2.24) is 0 Å². The Balaban J connectivity index is 4.49. The molecule has 0 aromatic heterocycles. The summed E-state index contributed by atoms with van der Waals surface area (Å²) >= 11 is 0. The predicted octanol–water partition coefficient (Wildman–Crippen LogP) is 29.1. The van der Waals surface area contributed by atoms with Gasteiger partial charge in [-0.25, -0.2) is 9.13 Å². The molecule has 0 saturated carbocycles. The number of unbranched alkanes of at least 4 members (excludes halogenated alkanes) is 42. The molecule has 674 valence electrons. The van der Waals surface area contributed by atoms with Crippen LogP contribution in [0, 0.1) is 0 Å². The number of aliphatic hydroxyl groups is 2. The Morgan fingerprint density at radius 2 is 0.453 bits per heavy atom. The first-order chi connectivity index (χ1) is 57.2. The van der Waals surface area contributed by atoms with E-state index in [1.54, 1.807) is 0 Å². The molecule has 0 fully saturated rings. The summed E-state index contributed by atoms with van der Waals surface area (Å²) in [5, 5.41) is 20.7. The van der Waals surface area contributed by atoms with Gasteiger partial charge in [-0.15, -0.1) is 0 Å². The van der Waals surface area contributed by atoms with Crippen molar-refractivity contribution in [3.05, 3.63) is 146 Å². The standard InChI is InChI=1S/C99H172O16P2/c1-4-7-10-13-16-19-22-25-28-31-33-35-37-39-41-43-45-46-48-50-51-53-55-57-59-62-64-67-70-73-76-79-82-85-97(102)109-88-94(100)89-111-116(105,106)112-90-95(101)91-113-117(107,108)114-93-96(115-99(104)87-84-81-78-75-72-69-66-61-30-27-24-21-18-15-12-9-6-3)92-110-98(103)86-83-80-77-74-71-68-65-63-60-58-56-54-52-49-47-44-42-40-38-36-34-32-29-26-23-20-17-14-11-8-5-2/h9,12,16-21,25-30,33-36,39-42,66,69,94-96,100-101H,4-8,10-11,13-15,22-24,31-32,37-38,43-65,67-68,70-93H2,1-3H3,(H,105,106)(H,107,108)/b12-9-,19-16-,20-17-,21-18-,28-25-,29-26-,30-27-,35-33-,36-34-,41-39-,42-40-,69-66-. The molecule has 0 aromatic rings. The van der Waals surface area contributed by atoms with Gasteiger partial charge in [-0.2, -0.15) is 0 Å². The van der Waals surface area contributed by atoms with E-state index in [2.05, 4.69) is 167 Å². The number of allylic oxidation sites excluding steroid dienone is 24. The average Bonchev–Trinajstić information content (AvgIpc) is 0.900. The minimum atomic E-state index is -4.95.